The van der Waals surface area contributed by atoms with Crippen molar-refractivity contribution in [2.75, 3.05) is 12.4 Å². The van der Waals surface area contributed by atoms with Crippen LogP contribution >= 0.6 is 11.3 Å². The van der Waals surface area contributed by atoms with Crippen LogP contribution in [0.25, 0.3) is 0 Å². The third-order valence-electron chi connectivity index (χ3n) is 4.21. The van der Waals surface area contributed by atoms with Gasteiger partial charge in [-0.25, -0.2) is 4.79 Å². The number of rotatable bonds is 4. The van der Waals surface area contributed by atoms with Gasteiger partial charge in [0.2, 0.25) is 0 Å². The van der Waals surface area contributed by atoms with Crippen molar-refractivity contribution < 1.29 is 19.1 Å². The van der Waals surface area contributed by atoms with E-state index < -0.39 is 11.9 Å². The molecular formula is C18H18N2O4S. The summed E-state index contributed by atoms with van der Waals surface area (Å²) in [6.07, 6.45) is 3.82. The lowest BCUT2D eigenvalue weighted by Gasteiger charge is -2.11. The van der Waals surface area contributed by atoms with Gasteiger partial charge in [0.15, 0.2) is 0 Å². The molecular weight excluding hydrogens is 340 g/mol. The molecule has 6 nitrogen and oxygen atoms in total. The number of anilines is 1. The van der Waals surface area contributed by atoms with Crippen molar-refractivity contribution in [3.8, 4) is 0 Å². The van der Waals surface area contributed by atoms with Crippen molar-refractivity contribution in [2.45, 2.75) is 25.7 Å². The Labute approximate surface area is 149 Å². The molecule has 1 aromatic heterocycles. The molecule has 1 heterocycles. The molecule has 0 bridgehead atoms. The Hall–Kier alpha value is -2.67. The van der Waals surface area contributed by atoms with Crippen LogP contribution in [0.5, 0.6) is 0 Å². The molecule has 0 spiro atoms. The van der Waals surface area contributed by atoms with Crippen LogP contribution < -0.4 is 11.1 Å². The molecule has 0 atom stereocenters. The fourth-order valence-corrected chi connectivity index (χ4v) is 4.26. The molecule has 1 aliphatic rings. The molecule has 0 saturated carbocycles. The Balaban J connectivity index is 1.85. The number of nitrogens with one attached hydrogen (secondary N) is 1. The molecule has 130 valence electrons. The second-order valence-electron chi connectivity index (χ2n) is 5.80. The van der Waals surface area contributed by atoms with Crippen molar-refractivity contribution in [1.82, 2.24) is 0 Å². The Kier molecular flexibility index (Phi) is 4.85. The van der Waals surface area contributed by atoms with Gasteiger partial charge in [-0.05, 0) is 55.5 Å². The quantitative estimate of drug-likeness (QED) is 0.821. The smallest absolute Gasteiger partial charge is 0.337 e. The monoisotopic (exact) mass is 358 g/mol. The van der Waals surface area contributed by atoms with Crippen molar-refractivity contribution >= 4 is 34.1 Å². The number of esters is 1. The van der Waals surface area contributed by atoms with Crippen LogP contribution in [0.4, 0.5) is 5.00 Å². The predicted molar refractivity (Wildman–Crippen MR) is 95.2 cm³/mol. The molecule has 3 rings (SSSR count). The lowest BCUT2D eigenvalue weighted by atomic mass is 9.95. The van der Waals surface area contributed by atoms with E-state index in [1.165, 1.54) is 30.6 Å². The molecule has 1 aliphatic carbocycles. The van der Waals surface area contributed by atoms with E-state index in [1.54, 1.807) is 12.1 Å². The maximum atomic E-state index is 12.5. The molecule has 2 amide bonds. The predicted octanol–water partition coefficient (Wildman–Crippen LogP) is 2.76. The number of fused-ring (bicyclic) bond motifs is 1. The molecule has 0 radical (unpaired) electrons. The molecule has 3 N–H and O–H groups in total. The summed E-state index contributed by atoms with van der Waals surface area (Å²) in [5.74, 6) is -1.33. The summed E-state index contributed by atoms with van der Waals surface area (Å²) in [7, 11) is 1.30. The van der Waals surface area contributed by atoms with Crippen LogP contribution in [0.3, 0.4) is 0 Å². The third-order valence-corrected chi connectivity index (χ3v) is 5.42. The zero-order valence-electron chi connectivity index (χ0n) is 13.8. The van der Waals surface area contributed by atoms with E-state index in [4.69, 9.17) is 5.73 Å². The summed E-state index contributed by atoms with van der Waals surface area (Å²) in [5, 5.41) is 3.29. The number of primary amides is 1. The molecule has 25 heavy (non-hydrogen) atoms. The van der Waals surface area contributed by atoms with E-state index >= 15 is 0 Å². The summed E-state index contributed by atoms with van der Waals surface area (Å²) < 4.78 is 4.63. The van der Waals surface area contributed by atoms with Crippen LogP contribution in [0, 0.1) is 0 Å². The average molecular weight is 358 g/mol. The number of hydrogen-bond acceptors (Lipinski definition) is 5. The van der Waals surface area contributed by atoms with Gasteiger partial charge in [-0.3, -0.25) is 9.59 Å². The SMILES string of the molecule is COC(=O)c1ccc(C(=O)Nc2sc3c(c2C(N)=O)CCCC3)cc1. The molecule has 1 aromatic carbocycles. The lowest BCUT2D eigenvalue weighted by Crippen LogP contribution is -2.18. The first-order valence-electron chi connectivity index (χ1n) is 7.95. The largest absolute Gasteiger partial charge is 0.465 e. The van der Waals surface area contributed by atoms with Gasteiger partial charge in [-0.2, -0.15) is 0 Å². The number of ether oxygens (including phenoxy) is 1. The van der Waals surface area contributed by atoms with Gasteiger partial charge in [-0.1, -0.05) is 0 Å². The number of hydrogen-bond donors (Lipinski definition) is 2. The summed E-state index contributed by atoms with van der Waals surface area (Å²) in [6, 6.07) is 6.13. The highest BCUT2D eigenvalue weighted by molar-refractivity contribution is 7.17. The third kappa shape index (κ3) is 3.41. The molecule has 0 aliphatic heterocycles. The van der Waals surface area contributed by atoms with Crippen molar-refractivity contribution in [2.24, 2.45) is 5.73 Å². The summed E-state index contributed by atoms with van der Waals surface area (Å²) in [6.45, 7) is 0. The number of carbonyl (C=O) groups excluding carboxylic acids is 3. The number of benzene rings is 1. The minimum Gasteiger partial charge on any atom is -0.465 e. The Morgan fingerprint density at radius 3 is 2.36 bits per heavy atom. The van der Waals surface area contributed by atoms with Gasteiger partial charge < -0.3 is 15.8 Å². The fraction of sp³-hybridized carbons (Fsp3) is 0.278. The number of aryl methyl sites for hydroxylation is 1. The highest BCUT2D eigenvalue weighted by atomic mass is 32.1. The Morgan fingerprint density at radius 1 is 1.08 bits per heavy atom. The van der Waals surface area contributed by atoms with E-state index in [0.29, 0.717) is 21.7 Å². The van der Waals surface area contributed by atoms with Crippen LogP contribution in [0.15, 0.2) is 24.3 Å². The van der Waals surface area contributed by atoms with Crippen LogP contribution in [-0.2, 0) is 17.6 Å². The van der Waals surface area contributed by atoms with Crippen molar-refractivity contribution in [1.29, 1.82) is 0 Å². The molecule has 7 heteroatoms. The fourth-order valence-electron chi connectivity index (χ4n) is 2.97. The van der Waals surface area contributed by atoms with Crippen molar-refractivity contribution in [3.05, 3.63) is 51.4 Å². The van der Waals surface area contributed by atoms with E-state index in [1.807, 2.05) is 0 Å². The number of amides is 2. The number of thiophene rings is 1. The maximum Gasteiger partial charge on any atom is 0.337 e. The first-order chi connectivity index (χ1) is 12.0. The normalized spacial score (nSPS) is 13.0. The second-order valence-corrected chi connectivity index (χ2v) is 6.91. The minimum absolute atomic E-state index is 0.350. The number of carbonyl (C=O) groups is 3. The zero-order chi connectivity index (χ0) is 18.0. The molecule has 0 unspecified atom stereocenters. The Bertz CT molecular complexity index is 840. The van der Waals surface area contributed by atoms with E-state index in [-0.39, 0.29) is 5.91 Å². The number of methoxy groups -OCH3 is 1. The van der Waals surface area contributed by atoms with E-state index in [2.05, 4.69) is 10.1 Å². The molecule has 0 fully saturated rings. The van der Waals surface area contributed by atoms with Gasteiger partial charge >= 0.3 is 5.97 Å². The van der Waals surface area contributed by atoms with Gasteiger partial charge in [0.05, 0.1) is 18.2 Å². The second kappa shape index (κ2) is 7.06. The standard InChI is InChI=1S/C18H18N2O4S/c1-24-18(23)11-8-6-10(7-9-11)16(22)20-17-14(15(19)21)12-4-2-3-5-13(12)25-17/h6-9H,2-5H2,1H3,(H2,19,21)(H,20,22). The first kappa shape index (κ1) is 17.2. The van der Waals surface area contributed by atoms with Gasteiger partial charge in [-0.15, -0.1) is 11.3 Å². The minimum atomic E-state index is -0.518. The van der Waals surface area contributed by atoms with E-state index in [0.717, 1.165) is 36.1 Å². The average Bonchev–Trinajstić information content (AvgIpc) is 2.99. The lowest BCUT2D eigenvalue weighted by molar-refractivity contribution is 0.0600. The summed E-state index contributed by atoms with van der Waals surface area (Å²) in [4.78, 5) is 36.9. The highest BCUT2D eigenvalue weighted by Crippen LogP contribution is 2.38. The molecule has 0 saturated heterocycles. The first-order valence-corrected chi connectivity index (χ1v) is 8.77. The van der Waals surface area contributed by atoms with Crippen LogP contribution in [-0.4, -0.2) is 24.9 Å². The number of nitrogens with two attached hydrogens (primary N) is 1. The van der Waals surface area contributed by atoms with Crippen LogP contribution in [0.2, 0.25) is 0 Å². The Morgan fingerprint density at radius 2 is 1.72 bits per heavy atom. The maximum absolute atomic E-state index is 12.5. The van der Waals surface area contributed by atoms with Gasteiger partial charge in [0.1, 0.15) is 5.00 Å². The van der Waals surface area contributed by atoms with Gasteiger partial charge in [0.25, 0.3) is 11.8 Å². The molecule has 2 aromatic rings. The van der Waals surface area contributed by atoms with Gasteiger partial charge in [0, 0.05) is 10.4 Å². The highest BCUT2D eigenvalue weighted by Gasteiger charge is 2.25. The summed E-state index contributed by atoms with van der Waals surface area (Å²) in [5.41, 5.74) is 7.68. The topological polar surface area (TPSA) is 98.5 Å². The van der Waals surface area contributed by atoms with Crippen LogP contribution in [0.1, 0.15) is 54.4 Å². The van der Waals surface area contributed by atoms with E-state index in [9.17, 15) is 14.4 Å². The summed E-state index contributed by atoms with van der Waals surface area (Å²) >= 11 is 1.42. The van der Waals surface area contributed by atoms with Crippen molar-refractivity contribution in [3.63, 3.8) is 0 Å². The zero-order valence-corrected chi connectivity index (χ0v) is 14.6.